The van der Waals surface area contributed by atoms with Gasteiger partial charge in [-0.05, 0) is 74.5 Å². The van der Waals surface area contributed by atoms with E-state index in [9.17, 15) is 18.8 Å². The molecule has 0 spiro atoms. The van der Waals surface area contributed by atoms with Gasteiger partial charge in [-0.3, -0.25) is 14.4 Å². The van der Waals surface area contributed by atoms with Gasteiger partial charge in [-0.1, -0.05) is 54.1 Å². The molecule has 0 aliphatic heterocycles. The number of anilines is 2. The number of thioether (sulfide) groups is 1. The second-order valence-electron chi connectivity index (χ2n) is 8.99. The summed E-state index contributed by atoms with van der Waals surface area (Å²) in [6.07, 6.45) is 1.30. The van der Waals surface area contributed by atoms with Crippen LogP contribution in [0.25, 0.3) is 6.08 Å². The van der Waals surface area contributed by atoms with Gasteiger partial charge in [0.1, 0.15) is 11.5 Å². The fraction of sp³-hybridized carbons (Fsp3) is 0.0938. The topological polar surface area (TPSA) is 87.3 Å². The Morgan fingerprint density at radius 1 is 0.775 bits per heavy atom. The van der Waals surface area contributed by atoms with Crippen molar-refractivity contribution in [3.8, 4) is 0 Å². The molecule has 1 unspecified atom stereocenters. The summed E-state index contributed by atoms with van der Waals surface area (Å²) in [6, 6.07) is 29.0. The van der Waals surface area contributed by atoms with Crippen LogP contribution in [0.2, 0.25) is 0 Å². The number of hydrogen-bond donors (Lipinski definition) is 3. The third-order valence-electron chi connectivity index (χ3n) is 5.85. The van der Waals surface area contributed by atoms with Gasteiger partial charge in [0.25, 0.3) is 11.8 Å². The SMILES string of the molecule is Cc1ccc(NC(=O)C(C)Sc2ccc(NC(=O)/C(=C/c3ccccc3F)NC(=O)c3ccccc3)cc2)cc1. The minimum absolute atomic E-state index is 0.112. The molecule has 4 rings (SSSR count). The molecule has 8 heteroatoms. The van der Waals surface area contributed by atoms with Crippen LogP contribution in [0.3, 0.4) is 0 Å². The molecular formula is C32H28FN3O3S. The molecule has 0 saturated heterocycles. The van der Waals surface area contributed by atoms with E-state index in [1.165, 1.54) is 30.0 Å². The van der Waals surface area contributed by atoms with Crippen LogP contribution in [0.4, 0.5) is 15.8 Å². The van der Waals surface area contributed by atoms with Crippen molar-refractivity contribution in [2.45, 2.75) is 24.0 Å². The van der Waals surface area contributed by atoms with Crippen LogP contribution in [-0.2, 0) is 9.59 Å². The smallest absolute Gasteiger partial charge is 0.272 e. The van der Waals surface area contributed by atoms with Crippen LogP contribution >= 0.6 is 11.8 Å². The van der Waals surface area contributed by atoms with Crippen LogP contribution in [-0.4, -0.2) is 23.0 Å². The summed E-state index contributed by atoms with van der Waals surface area (Å²) >= 11 is 1.38. The second kappa shape index (κ2) is 13.4. The highest BCUT2D eigenvalue weighted by Crippen LogP contribution is 2.26. The summed E-state index contributed by atoms with van der Waals surface area (Å²) in [4.78, 5) is 39.4. The number of amides is 3. The Balaban J connectivity index is 1.43. The molecule has 0 fully saturated rings. The number of aryl methyl sites for hydroxylation is 1. The van der Waals surface area contributed by atoms with E-state index in [1.54, 1.807) is 66.7 Å². The molecule has 3 N–H and O–H groups in total. The third-order valence-corrected chi connectivity index (χ3v) is 6.96. The van der Waals surface area contributed by atoms with Crippen LogP contribution in [0, 0.1) is 12.7 Å². The monoisotopic (exact) mass is 553 g/mol. The lowest BCUT2D eigenvalue weighted by Crippen LogP contribution is -2.30. The minimum Gasteiger partial charge on any atom is -0.325 e. The fourth-order valence-electron chi connectivity index (χ4n) is 3.64. The van der Waals surface area contributed by atoms with Crippen molar-refractivity contribution in [2.24, 2.45) is 0 Å². The summed E-state index contributed by atoms with van der Waals surface area (Å²) in [5, 5.41) is 7.89. The Morgan fingerprint density at radius 2 is 1.38 bits per heavy atom. The summed E-state index contributed by atoms with van der Waals surface area (Å²) in [7, 11) is 0. The molecule has 6 nitrogen and oxygen atoms in total. The van der Waals surface area contributed by atoms with Gasteiger partial charge in [-0.2, -0.15) is 0 Å². The Hall–Kier alpha value is -4.69. The van der Waals surface area contributed by atoms with E-state index in [1.807, 2.05) is 38.1 Å². The zero-order chi connectivity index (χ0) is 28.5. The zero-order valence-electron chi connectivity index (χ0n) is 22.0. The van der Waals surface area contributed by atoms with Crippen LogP contribution in [0.1, 0.15) is 28.4 Å². The Bertz CT molecular complexity index is 1520. The van der Waals surface area contributed by atoms with E-state index >= 15 is 0 Å². The van der Waals surface area contributed by atoms with E-state index in [2.05, 4.69) is 16.0 Å². The number of benzene rings is 4. The molecule has 0 aliphatic carbocycles. The molecule has 0 heterocycles. The van der Waals surface area contributed by atoms with Gasteiger partial charge in [0.15, 0.2) is 0 Å². The van der Waals surface area contributed by atoms with Crippen molar-refractivity contribution in [3.63, 3.8) is 0 Å². The van der Waals surface area contributed by atoms with Gasteiger partial charge in [-0.15, -0.1) is 11.8 Å². The van der Waals surface area contributed by atoms with E-state index in [0.29, 0.717) is 11.3 Å². The molecule has 0 saturated carbocycles. The predicted octanol–water partition coefficient (Wildman–Crippen LogP) is 6.66. The van der Waals surface area contributed by atoms with Gasteiger partial charge in [-0.25, -0.2) is 4.39 Å². The van der Waals surface area contributed by atoms with Crippen LogP contribution in [0.5, 0.6) is 0 Å². The number of rotatable bonds is 9. The molecule has 0 radical (unpaired) electrons. The van der Waals surface area contributed by atoms with Crippen LogP contribution in [0.15, 0.2) is 114 Å². The van der Waals surface area contributed by atoms with Gasteiger partial charge in [0, 0.05) is 27.4 Å². The van der Waals surface area contributed by atoms with Gasteiger partial charge in [0.2, 0.25) is 5.91 Å². The Labute approximate surface area is 236 Å². The average molecular weight is 554 g/mol. The molecule has 0 aromatic heterocycles. The molecule has 202 valence electrons. The largest absolute Gasteiger partial charge is 0.325 e. The van der Waals surface area contributed by atoms with Crippen molar-refractivity contribution in [1.82, 2.24) is 5.32 Å². The number of halogens is 1. The van der Waals surface area contributed by atoms with Crippen LogP contribution < -0.4 is 16.0 Å². The highest BCUT2D eigenvalue weighted by molar-refractivity contribution is 8.00. The van der Waals surface area contributed by atoms with Crippen molar-refractivity contribution >= 4 is 46.9 Å². The van der Waals surface area contributed by atoms with Gasteiger partial charge in [0.05, 0.1) is 5.25 Å². The van der Waals surface area contributed by atoms with Gasteiger partial charge < -0.3 is 16.0 Å². The van der Waals surface area contributed by atoms with E-state index < -0.39 is 17.6 Å². The molecule has 4 aromatic rings. The lowest BCUT2D eigenvalue weighted by molar-refractivity contribution is -0.115. The molecular weight excluding hydrogens is 525 g/mol. The normalized spacial score (nSPS) is 11.8. The molecule has 4 aromatic carbocycles. The first-order valence-corrected chi connectivity index (χ1v) is 13.4. The van der Waals surface area contributed by atoms with E-state index in [0.717, 1.165) is 16.1 Å². The fourth-order valence-corrected chi connectivity index (χ4v) is 4.51. The standard InChI is InChI=1S/C32H28FN3O3S/c1-21-12-14-25(15-13-21)34-30(37)22(2)40-27-18-16-26(17-19-27)35-32(39)29(20-24-10-6-7-11-28(24)33)36-31(38)23-8-4-3-5-9-23/h3-20,22H,1-2H3,(H,34,37)(H,35,39)(H,36,38)/b29-20-. The quantitative estimate of drug-likeness (QED) is 0.160. The summed E-state index contributed by atoms with van der Waals surface area (Å²) in [5.41, 5.74) is 2.72. The predicted molar refractivity (Wildman–Crippen MR) is 158 cm³/mol. The van der Waals surface area contributed by atoms with Crippen molar-refractivity contribution in [2.75, 3.05) is 10.6 Å². The second-order valence-corrected chi connectivity index (χ2v) is 10.4. The Kier molecular flexibility index (Phi) is 9.48. The molecule has 0 aliphatic rings. The molecule has 40 heavy (non-hydrogen) atoms. The maximum Gasteiger partial charge on any atom is 0.272 e. The highest BCUT2D eigenvalue weighted by Gasteiger charge is 2.17. The first-order valence-electron chi connectivity index (χ1n) is 12.6. The zero-order valence-corrected chi connectivity index (χ0v) is 22.8. The van der Waals surface area contributed by atoms with E-state index in [4.69, 9.17) is 0 Å². The molecule has 1 atom stereocenters. The number of hydrogen-bond acceptors (Lipinski definition) is 4. The van der Waals surface area contributed by atoms with E-state index in [-0.39, 0.29) is 22.4 Å². The Morgan fingerprint density at radius 3 is 2.05 bits per heavy atom. The first-order chi connectivity index (χ1) is 19.3. The summed E-state index contributed by atoms with van der Waals surface area (Å²) in [6.45, 7) is 3.80. The highest BCUT2D eigenvalue weighted by atomic mass is 32.2. The number of carbonyl (C=O) groups is 3. The van der Waals surface area contributed by atoms with Gasteiger partial charge >= 0.3 is 0 Å². The lowest BCUT2D eigenvalue weighted by atomic mass is 10.1. The molecule has 3 amide bonds. The number of carbonyl (C=O) groups excluding carboxylic acids is 3. The third kappa shape index (κ3) is 7.91. The maximum atomic E-state index is 14.3. The first kappa shape index (κ1) is 28.3. The lowest BCUT2D eigenvalue weighted by Gasteiger charge is -2.14. The maximum absolute atomic E-state index is 14.3. The van der Waals surface area contributed by atoms with Crippen molar-refractivity contribution in [1.29, 1.82) is 0 Å². The minimum atomic E-state index is -0.612. The van der Waals surface area contributed by atoms with Crippen molar-refractivity contribution in [3.05, 3.63) is 131 Å². The molecule has 0 bridgehead atoms. The summed E-state index contributed by atoms with van der Waals surface area (Å²) < 4.78 is 14.3. The summed E-state index contributed by atoms with van der Waals surface area (Å²) in [5.74, 6) is -1.76. The van der Waals surface area contributed by atoms with Crippen molar-refractivity contribution < 1.29 is 18.8 Å². The number of nitrogens with one attached hydrogen (secondary N) is 3. The average Bonchev–Trinajstić information content (AvgIpc) is 2.96.